The van der Waals surface area contributed by atoms with Crippen LogP contribution in [-0.4, -0.2) is 69.7 Å². The molecule has 4 unspecified atom stereocenters. The van der Waals surface area contributed by atoms with Crippen molar-refractivity contribution in [1.82, 2.24) is 16.0 Å². The Balaban J connectivity index is 2.88. The number of nitrogens with two attached hydrogens (primary N) is 2. The summed E-state index contributed by atoms with van der Waals surface area (Å²) in [6.45, 7) is 3.73. The molecular formula is C22H33N5O7S. The number of aromatic hydroxyl groups is 1. The lowest BCUT2D eigenvalue weighted by atomic mass is 10.0. The number of hydrogen-bond acceptors (Lipinski definition) is 8. The minimum atomic E-state index is -1.39. The number of rotatable bonds is 14. The minimum Gasteiger partial charge on any atom is -0.508 e. The van der Waals surface area contributed by atoms with Gasteiger partial charge in [0.15, 0.2) is 0 Å². The summed E-state index contributed by atoms with van der Waals surface area (Å²) in [6.07, 6.45) is -0.274. The van der Waals surface area contributed by atoms with Crippen molar-refractivity contribution in [2.75, 3.05) is 5.75 Å². The molecule has 12 nitrogen and oxygen atoms in total. The summed E-state index contributed by atoms with van der Waals surface area (Å²) < 4.78 is 0. The summed E-state index contributed by atoms with van der Waals surface area (Å²) in [7, 11) is 0. The number of aliphatic carboxylic acids is 1. The first-order valence-corrected chi connectivity index (χ1v) is 11.5. The van der Waals surface area contributed by atoms with Crippen LogP contribution in [0.4, 0.5) is 0 Å². The van der Waals surface area contributed by atoms with Crippen molar-refractivity contribution in [2.45, 2.75) is 57.3 Å². The normalized spacial score (nSPS) is 14.3. The Morgan fingerprint density at radius 2 is 1.43 bits per heavy atom. The van der Waals surface area contributed by atoms with Gasteiger partial charge in [-0.25, -0.2) is 4.79 Å². The van der Waals surface area contributed by atoms with Crippen LogP contribution in [-0.2, 0) is 30.4 Å². The van der Waals surface area contributed by atoms with E-state index in [4.69, 9.17) is 11.5 Å². The van der Waals surface area contributed by atoms with Crippen LogP contribution < -0.4 is 27.4 Å². The van der Waals surface area contributed by atoms with Crippen molar-refractivity contribution in [3.8, 4) is 5.75 Å². The Kier molecular flexibility index (Phi) is 12.0. The number of nitrogens with one attached hydrogen (secondary N) is 3. The quantitative estimate of drug-likeness (QED) is 0.139. The molecule has 1 aromatic carbocycles. The Morgan fingerprint density at radius 1 is 0.914 bits per heavy atom. The monoisotopic (exact) mass is 511 g/mol. The molecule has 0 bridgehead atoms. The average molecular weight is 512 g/mol. The van der Waals surface area contributed by atoms with E-state index < -0.39 is 60.2 Å². The molecule has 4 amide bonds. The van der Waals surface area contributed by atoms with Crippen LogP contribution in [0.3, 0.4) is 0 Å². The smallest absolute Gasteiger partial charge is 0.326 e. The largest absolute Gasteiger partial charge is 0.508 e. The molecule has 0 saturated heterocycles. The van der Waals surface area contributed by atoms with Gasteiger partial charge in [0.25, 0.3) is 0 Å². The maximum atomic E-state index is 12.7. The molecule has 1 rings (SSSR count). The summed E-state index contributed by atoms with van der Waals surface area (Å²) in [6, 6.07) is 0.872. The fourth-order valence-electron chi connectivity index (χ4n) is 3.11. The Morgan fingerprint density at radius 3 is 1.91 bits per heavy atom. The highest BCUT2D eigenvalue weighted by molar-refractivity contribution is 7.80. The van der Waals surface area contributed by atoms with Crippen LogP contribution in [0.5, 0.6) is 5.75 Å². The zero-order valence-corrected chi connectivity index (χ0v) is 20.5. The van der Waals surface area contributed by atoms with Crippen LogP contribution in [0, 0.1) is 5.92 Å². The molecule has 194 valence electrons. The first-order valence-electron chi connectivity index (χ1n) is 10.9. The molecule has 0 aliphatic heterocycles. The summed E-state index contributed by atoms with van der Waals surface area (Å²) in [5.41, 5.74) is 11.6. The third-order valence-electron chi connectivity index (χ3n) is 4.91. The molecule has 13 heteroatoms. The Bertz CT molecular complexity index is 910. The van der Waals surface area contributed by atoms with E-state index in [2.05, 4.69) is 28.6 Å². The molecule has 0 spiro atoms. The van der Waals surface area contributed by atoms with Gasteiger partial charge in [0.1, 0.15) is 23.9 Å². The van der Waals surface area contributed by atoms with Gasteiger partial charge in [-0.15, -0.1) is 0 Å². The maximum absolute atomic E-state index is 12.7. The zero-order chi connectivity index (χ0) is 26.7. The standard InChI is InChI=1S/C22H33N5O7S/c1-11(2)7-14(23)19(30)25-15(9-18(24)29)20(31)27-17(10-35)21(32)26-16(22(33)34)8-12-3-5-13(28)6-4-12/h3-6,11,14-17,28,35H,7-10,23H2,1-2H3,(H2,24,29)(H,25,30)(H,26,32)(H,27,31)(H,33,34). The lowest BCUT2D eigenvalue weighted by Crippen LogP contribution is -2.58. The van der Waals surface area contributed by atoms with E-state index in [1.165, 1.54) is 24.3 Å². The molecule has 35 heavy (non-hydrogen) atoms. The molecule has 9 N–H and O–H groups in total. The number of carbonyl (C=O) groups excluding carboxylic acids is 4. The number of hydrogen-bond donors (Lipinski definition) is 8. The first kappa shape index (κ1) is 29.7. The fourth-order valence-corrected chi connectivity index (χ4v) is 3.37. The van der Waals surface area contributed by atoms with Crippen molar-refractivity contribution in [3.05, 3.63) is 29.8 Å². The van der Waals surface area contributed by atoms with Crippen molar-refractivity contribution in [3.63, 3.8) is 0 Å². The molecule has 0 aliphatic carbocycles. The number of carboxylic acid groups (broad SMARTS) is 1. The highest BCUT2D eigenvalue weighted by atomic mass is 32.1. The SMILES string of the molecule is CC(C)CC(N)C(=O)NC(CC(N)=O)C(=O)NC(CS)C(=O)NC(Cc1ccc(O)cc1)C(=O)O. The summed E-state index contributed by atoms with van der Waals surface area (Å²) in [5, 5.41) is 25.9. The highest BCUT2D eigenvalue weighted by Gasteiger charge is 2.30. The van der Waals surface area contributed by atoms with Gasteiger partial charge in [-0.1, -0.05) is 26.0 Å². The van der Waals surface area contributed by atoms with Crippen molar-refractivity contribution in [2.24, 2.45) is 17.4 Å². The minimum absolute atomic E-state index is 0.00489. The Labute approximate surface area is 208 Å². The number of primary amides is 1. The summed E-state index contributed by atoms with van der Waals surface area (Å²) in [4.78, 5) is 60.9. The lowest BCUT2D eigenvalue weighted by molar-refractivity contribution is -0.142. The average Bonchev–Trinajstić information content (AvgIpc) is 2.76. The van der Waals surface area contributed by atoms with Gasteiger partial charge in [-0.2, -0.15) is 12.6 Å². The van der Waals surface area contributed by atoms with E-state index in [9.17, 15) is 34.2 Å². The van der Waals surface area contributed by atoms with Crippen LogP contribution in [0.1, 0.15) is 32.3 Å². The Hall–Kier alpha value is -3.32. The van der Waals surface area contributed by atoms with Gasteiger partial charge in [0, 0.05) is 12.2 Å². The summed E-state index contributed by atoms with van der Waals surface area (Å²) >= 11 is 4.04. The van der Waals surface area contributed by atoms with Crippen molar-refractivity contribution < 1.29 is 34.2 Å². The predicted octanol–water partition coefficient (Wildman–Crippen LogP) is -1.35. The van der Waals surface area contributed by atoms with E-state index in [-0.39, 0.29) is 23.8 Å². The number of carbonyl (C=O) groups is 5. The van der Waals surface area contributed by atoms with Gasteiger partial charge in [-0.05, 0) is 30.0 Å². The number of phenolic OH excluding ortho intramolecular Hbond substituents is 1. The maximum Gasteiger partial charge on any atom is 0.326 e. The number of amides is 4. The molecular weight excluding hydrogens is 478 g/mol. The number of benzene rings is 1. The highest BCUT2D eigenvalue weighted by Crippen LogP contribution is 2.12. The molecule has 0 heterocycles. The first-order chi connectivity index (χ1) is 16.3. The second-order valence-corrected chi connectivity index (χ2v) is 8.85. The van der Waals surface area contributed by atoms with Crippen LogP contribution >= 0.6 is 12.6 Å². The van der Waals surface area contributed by atoms with Gasteiger partial charge < -0.3 is 37.6 Å². The van der Waals surface area contributed by atoms with Crippen LogP contribution in [0.2, 0.25) is 0 Å². The molecule has 0 fully saturated rings. The van der Waals surface area contributed by atoms with Crippen molar-refractivity contribution >= 4 is 42.2 Å². The third kappa shape index (κ3) is 10.6. The van der Waals surface area contributed by atoms with E-state index in [1.54, 1.807) is 0 Å². The number of phenols is 1. The third-order valence-corrected chi connectivity index (χ3v) is 5.27. The number of carboxylic acids is 1. The van der Waals surface area contributed by atoms with E-state index in [0.29, 0.717) is 12.0 Å². The van der Waals surface area contributed by atoms with Crippen molar-refractivity contribution in [1.29, 1.82) is 0 Å². The van der Waals surface area contributed by atoms with Crippen LogP contribution in [0.15, 0.2) is 24.3 Å². The fraction of sp³-hybridized carbons (Fsp3) is 0.500. The van der Waals surface area contributed by atoms with Crippen LogP contribution in [0.25, 0.3) is 0 Å². The molecule has 0 saturated carbocycles. The van der Waals surface area contributed by atoms with Gasteiger partial charge in [-0.3, -0.25) is 19.2 Å². The van der Waals surface area contributed by atoms with E-state index in [0.717, 1.165) is 0 Å². The molecule has 4 atom stereocenters. The second kappa shape index (κ2) is 14.2. The van der Waals surface area contributed by atoms with Gasteiger partial charge in [0.2, 0.25) is 23.6 Å². The number of thiol groups is 1. The lowest BCUT2D eigenvalue weighted by Gasteiger charge is -2.24. The molecule has 0 aromatic heterocycles. The second-order valence-electron chi connectivity index (χ2n) is 8.48. The predicted molar refractivity (Wildman–Crippen MR) is 130 cm³/mol. The van der Waals surface area contributed by atoms with Gasteiger partial charge in [0.05, 0.1) is 12.5 Å². The molecule has 1 aromatic rings. The molecule has 0 radical (unpaired) electrons. The van der Waals surface area contributed by atoms with Gasteiger partial charge >= 0.3 is 5.97 Å². The topological polar surface area (TPSA) is 214 Å². The van der Waals surface area contributed by atoms with E-state index in [1.807, 2.05) is 13.8 Å². The van der Waals surface area contributed by atoms with E-state index >= 15 is 0 Å². The zero-order valence-electron chi connectivity index (χ0n) is 19.6. The molecule has 0 aliphatic rings. The summed E-state index contributed by atoms with van der Waals surface area (Å²) in [5.74, 6) is -4.64.